The Hall–Kier alpha value is -2.25. The third-order valence-corrected chi connectivity index (χ3v) is 4.76. The summed E-state index contributed by atoms with van der Waals surface area (Å²) < 4.78 is 17.9. The van der Waals surface area contributed by atoms with E-state index >= 15 is 0 Å². The van der Waals surface area contributed by atoms with Crippen molar-refractivity contribution in [1.29, 1.82) is 0 Å². The molecule has 1 fully saturated rings. The Balaban J connectivity index is 1.58. The SMILES string of the molecule is CON(C)C(=O)[C@@H]1C[C@H](OCc2ccccc2)[C@@H](COCc2ccccc2)O1. The zero-order valence-electron chi connectivity index (χ0n) is 16.3. The predicted molar refractivity (Wildman–Crippen MR) is 104 cm³/mol. The lowest BCUT2D eigenvalue weighted by atomic mass is 10.1. The molecular weight excluding hydrogens is 358 g/mol. The zero-order chi connectivity index (χ0) is 19.8. The van der Waals surface area contributed by atoms with E-state index in [-0.39, 0.29) is 18.1 Å². The van der Waals surface area contributed by atoms with Crippen molar-refractivity contribution in [2.45, 2.75) is 37.9 Å². The fourth-order valence-corrected chi connectivity index (χ4v) is 3.14. The van der Waals surface area contributed by atoms with Crippen LogP contribution in [0, 0.1) is 0 Å². The number of hydroxylamine groups is 2. The van der Waals surface area contributed by atoms with E-state index < -0.39 is 6.10 Å². The molecule has 3 atom stereocenters. The summed E-state index contributed by atoms with van der Waals surface area (Å²) >= 11 is 0. The molecule has 0 spiro atoms. The summed E-state index contributed by atoms with van der Waals surface area (Å²) in [6, 6.07) is 19.9. The highest BCUT2D eigenvalue weighted by atomic mass is 16.7. The summed E-state index contributed by atoms with van der Waals surface area (Å²) in [5, 5.41) is 1.19. The lowest BCUT2D eigenvalue weighted by molar-refractivity contribution is -0.181. The molecule has 0 radical (unpaired) electrons. The minimum atomic E-state index is -0.601. The Morgan fingerprint density at radius 3 is 2.25 bits per heavy atom. The van der Waals surface area contributed by atoms with Gasteiger partial charge in [-0.3, -0.25) is 9.63 Å². The Labute approximate surface area is 165 Å². The molecule has 1 aliphatic rings. The second-order valence-corrected chi connectivity index (χ2v) is 6.75. The number of rotatable bonds is 9. The van der Waals surface area contributed by atoms with Gasteiger partial charge in [0.05, 0.1) is 33.0 Å². The van der Waals surface area contributed by atoms with E-state index in [9.17, 15) is 4.79 Å². The van der Waals surface area contributed by atoms with Crippen LogP contribution < -0.4 is 0 Å². The van der Waals surface area contributed by atoms with Gasteiger partial charge in [0.15, 0.2) is 0 Å². The largest absolute Gasteiger partial charge is 0.374 e. The molecule has 6 nitrogen and oxygen atoms in total. The van der Waals surface area contributed by atoms with Crippen molar-refractivity contribution in [2.24, 2.45) is 0 Å². The zero-order valence-corrected chi connectivity index (χ0v) is 16.3. The highest BCUT2D eigenvalue weighted by Crippen LogP contribution is 2.26. The van der Waals surface area contributed by atoms with E-state index in [1.54, 1.807) is 7.05 Å². The van der Waals surface area contributed by atoms with Gasteiger partial charge in [-0.1, -0.05) is 60.7 Å². The summed E-state index contributed by atoms with van der Waals surface area (Å²) in [4.78, 5) is 17.4. The number of likely N-dealkylation sites (N-methyl/N-ethyl adjacent to an activating group) is 1. The summed E-state index contributed by atoms with van der Waals surface area (Å²) in [6.45, 7) is 1.31. The molecule has 28 heavy (non-hydrogen) atoms. The van der Waals surface area contributed by atoms with Crippen molar-refractivity contribution in [3.05, 3.63) is 71.8 Å². The summed E-state index contributed by atoms with van der Waals surface area (Å²) in [5.41, 5.74) is 2.17. The maximum absolute atomic E-state index is 12.4. The quantitative estimate of drug-likeness (QED) is 0.621. The average Bonchev–Trinajstić information content (AvgIpc) is 3.15. The standard InChI is InChI=1S/C22H27NO5/c1-23(25-2)22(24)20-13-19(27-15-18-11-7-4-8-12-18)21(28-20)16-26-14-17-9-5-3-6-10-17/h3-12,19-21H,13-16H2,1-2H3/t19-,20-,21+/m0/s1. The first-order chi connectivity index (χ1) is 13.7. The number of hydrogen-bond acceptors (Lipinski definition) is 5. The average molecular weight is 385 g/mol. The van der Waals surface area contributed by atoms with Gasteiger partial charge < -0.3 is 14.2 Å². The van der Waals surface area contributed by atoms with Crippen LogP contribution in [-0.4, -0.2) is 50.0 Å². The Bertz CT molecular complexity index is 724. The molecule has 2 aromatic rings. The van der Waals surface area contributed by atoms with E-state index in [1.807, 2.05) is 60.7 Å². The van der Waals surface area contributed by atoms with E-state index in [4.69, 9.17) is 19.0 Å². The monoisotopic (exact) mass is 385 g/mol. The van der Waals surface area contributed by atoms with Crippen LogP contribution in [0.5, 0.6) is 0 Å². The van der Waals surface area contributed by atoms with Crippen molar-refractivity contribution in [2.75, 3.05) is 20.8 Å². The van der Waals surface area contributed by atoms with Gasteiger partial charge in [0.1, 0.15) is 12.2 Å². The van der Waals surface area contributed by atoms with Crippen molar-refractivity contribution >= 4 is 5.91 Å². The summed E-state index contributed by atoms with van der Waals surface area (Å²) in [7, 11) is 3.03. The molecular formula is C22H27NO5. The highest BCUT2D eigenvalue weighted by molar-refractivity contribution is 5.80. The smallest absolute Gasteiger partial charge is 0.275 e. The molecule has 1 aliphatic heterocycles. The van der Waals surface area contributed by atoms with Crippen molar-refractivity contribution in [3.8, 4) is 0 Å². The van der Waals surface area contributed by atoms with Crippen LogP contribution in [0.2, 0.25) is 0 Å². The minimum absolute atomic E-state index is 0.221. The first kappa shape index (κ1) is 20.5. The van der Waals surface area contributed by atoms with E-state index in [1.165, 1.54) is 12.2 Å². The molecule has 6 heteroatoms. The lowest BCUT2D eigenvalue weighted by Crippen LogP contribution is -2.36. The van der Waals surface area contributed by atoms with E-state index in [2.05, 4.69) is 0 Å². The normalized spacial score (nSPS) is 21.6. The van der Waals surface area contributed by atoms with Crippen LogP contribution >= 0.6 is 0 Å². The van der Waals surface area contributed by atoms with Gasteiger partial charge in [0.2, 0.25) is 0 Å². The van der Waals surface area contributed by atoms with E-state index in [0.717, 1.165) is 11.1 Å². The topological polar surface area (TPSA) is 57.2 Å². The first-order valence-electron chi connectivity index (χ1n) is 9.41. The fraction of sp³-hybridized carbons (Fsp3) is 0.409. The fourth-order valence-electron chi connectivity index (χ4n) is 3.14. The number of carbonyl (C=O) groups excluding carboxylic acids is 1. The summed E-state index contributed by atoms with van der Waals surface area (Å²) in [5.74, 6) is -0.221. The van der Waals surface area contributed by atoms with E-state index in [0.29, 0.717) is 26.2 Å². The van der Waals surface area contributed by atoms with Crippen LogP contribution in [0.4, 0.5) is 0 Å². The van der Waals surface area contributed by atoms with Gasteiger partial charge in [-0.05, 0) is 11.1 Å². The molecule has 1 heterocycles. The van der Waals surface area contributed by atoms with Gasteiger partial charge in [-0.15, -0.1) is 0 Å². The Morgan fingerprint density at radius 1 is 1.04 bits per heavy atom. The molecule has 2 aromatic carbocycles. The second-order valence-electron chi connectivity index (χ2n) is 6.75. The second kappa shape index (κ2) is 10.3. The molecule has 0 saturated carbocycles. The van der Waals surface area contributed by atoms with Gasteiger partial charge in [0, 0.05) is 13.5 Å². The molecule has 150 valence electrons. The number of ether oxygens (including phenoxy) is 3. The van der Waals surface area contributed by atoms with Gasteiger partial charge in [0.25, 0.3) is 5.91 Å². The first-order valence-corrected chi connectivity index (χ1v) is 9.41. The highest BCUT2D eigenvalue weighted by Gasteiger charge is 2.41. The van der Waals surface area contributed by atoms with Gasteiger partial charge in [-0.25, -0.2) is 5.06 Å². The third-order valence-electron chi connectivity index (χ3n) is 4.76. The van der Waals surface area contributed by atoms with Crippen LogP contribution in [0.25, 0.3) is 0 Å². The molecule has 0 unspecified atom stereocenters. The number of benzene rings is 2. The molecule has 3 rings (SSSR count). The number of nitrogens with zero attached hydrogens (tertiary/aromatic N) is 1. The Morgan fingerprint density at radius 2 is 1.64 bits per heavy atom. The van der Waals surface area contributed by atoms with Gasteiger partial charge >= 0.3 is 0 Å². The summed E-state index contributed by atoms with van der Waals surface area (Å²) in [6.07, 6.45) is -0.670. The van der Waals surface area contributed by atoms with Crippen LogP contribution in [0.15, 0.2) is 60.7 Å². The van der Waals surface area contributed by atoms with Crippen molar-refractivity contribution in [1.82, 2.24) is 5.06 Å². The molecule has 0 bridgehead atoms. The molecule has 1 saturated heterocycles. The van der Waals surface area contributed by atoms with Crippen LogP contribution in [0.1, 0.15) is 17.5 Å². The minimum Gasteiger partial charge on any atom is -0.374 e. The Kier molecular flexibility index (Phi) is 7.56. The third kappa shape index (κ3) is 5.62. The lowest BCUT2D eigenvalue weighted by Gasteiger charge is -2.20. The number of carbonyl (C=O) groups is 1. The molecule has 0 aliphatic carbocycles. The number of amides is 1. The maximum atomic E-state index is 12.4. The van der Waals surface area contributed by atoms with Crippen molar-refractivity contribution < 1.29 is 23.8 Å². The van der Waals surface area contributed by atoms with Crippen LogP contribution in [0.3, 0.4) is 0 Å². The maximum Gasteiger partial charge on any atom is 0.275 e. The van der Waals surface area contributed by atoms with Crippen LogP contribution in [-0.2, 0) is 37.1 Å². The number of hydrogen-bond donors (Lipinski definition) is 0. The molecule has 0 N–H and O–H groups in total. The van der Waals surface area contributed by atoms with Crippen molar-refractivity contribution in [3.63, 3.8) is 0 Å². The molecule has 0 aromatic heterocycles. The predicted octanol–water partition coefficient (Wildman–Crippen LogP) is 2.97. The molecule has 1 amide bonds. The van der Waals surface area contributed by atoms with Gasteiger partial charge in [-0.2, -0.15) is 0 Å².